The van der Waals surface area contributed by atoms with Crippen LogP contribution in [0.3, 0.4) is 0 Å². The SMILES string of the molecule is O=Cc1cnc(-c2ccnc3ccccc23)s1. The molecule has 0 aliphatic carbocycles. The van der Waals surface area contributed by atoms with Crippen molar-refractivity contribution in [2.24, 2.45) is 0 Å². The normalized spacial score (nSPS) is 10.6. The first-order valence-corrected chi connectivity index (χ1v) is 5.95. The molecule has 0 bridgehead atoms. The van der Waals surface area contributed by atoms with Crippen LogP contribution in [0.15, 0.2) is 42.7 Å². The van der Waals surface area contributed by atoms with Crippen LogP contribution in [0.4, 0.5) is 0 Å². The molecular formula is C13H8N2OS. The summed E-state index contributed by atoms with van der Waals surface area (Å²) in [6.45, 7) is 0. The highest BCUT2D eigenvalue weighted by molar-refractivity contribution is 7.16. The van der Waals surface area contributed by atoms with E-state index >= 15 is 0 Å². The van der Waals surface area contributed by atoms with Crippen molar-refractivity contribution in [1.82, 2.24) is 9.97 Å². The number of fused-ring (bicyclic) bond motifs is 1. The molecule has 3 nitrogen and oxygen atoms in total. The average molecular weight is 240 g/mol. The third-order valence-corrected chi connectivity index (χ3v) is 3.48. The van der Waals surface area contributed by atoms with Gasteiger partial charge in [-0.05, 0) is 12.1 Å². The smallest absolute Gasteiger partial charge is 0.161 e. The van der Waals surface area contributed by atoms with Crippen molar-refractivity contribution in [3.05, 3.63) is 47.6 Å². The lowest BCUT2D eigenvalue weighted by Gasteiger charge is -2.01. The largest absolute Gasteiger partial charge is 0.297 e. The van der Waals surface area contributed by atoms with Crippen molar-refractivity contribution in [1.29, 1.82) is 0 Å². The van der Waals surface area contributed by atoms with Gasteiger partial charge in [-0.15, -0.1) is 11.3 Å². The quantitative estimate of drug-likeness (QED) is 0.646. The maximum Gasteiger partial charge on any atom is 0.161 e. The molecule has 17 heavy (non-hydrogen) atoms. The first-order chi connectivity index (χ1) is 8.38. The van der Waals surface area contributed by atoms with Crippen LogP contribution in [0.1, 0.15) is 9.67 Å². The summed E-state index contributed by atoms with van der Waals surface area (Å²) in [6, 6.07) is 9.84. The number of rotatable bonds is 2. The number of pyridine rings is 1. The van der Waals surface area contributed by atoms with Gasteiger partial charge in [0.15, 0.2) is 6.29 Å². The van der Waals surface area contributed by atoms with Gasteiger partial charge in [0.25, 0.3) is 0 Å². The van der Waals surface area contributed by atoms with E-state index in [0.29, 0.717) is 4.88 Å². The predicted octanol–water partition coefficient (Wildman–Crippen LogP) is 3.17. The van der Waals surface area contributed by atoms with Crippen molar-refractivity contribution in [3.63, 3.8) is 0 Å². The second kappa shape index (κ2) is 4.07. The van der Waals surface area contributed by atoms with E-state index in [9.17, 15) is 4.79 Å². The second-order valence-electron chi connectivity index (χ2n) is 3.56. The summed E-state index contributed by atoms with van der Waals surface area (Å²) in [5.41, 5.74) is 1.96. The number of hydrogen-bond acceptors (Lipinski definition) is 4. The standard InChI is InChI=1S/C13H8N2OS/c16-8-9-7-15-13(17-9)11-5-6-14-12-4-2-1-3-10(11)12/h1-8H. The summed E-state index contributed by atoms with van der Waals surface area (Å²) in [7, 11) is 0. The summed E-state index contributed by atoms with van der Waals surface area (Å²) >= 11 is 1.39. The van der Waals surface area contributed by atoms with Gasteiger partial charge in [-0.2, -0.15) is 0 Å². The van der Waals surface area contributed by atoms with Crippen LogP contribution in [0.25, 0.3) is 21.5 Å². The van der Waals surface area contributed by atoms with Gasteiger partial charge < -0.3 is 0 Å². The summed E-state index contributed by atoms with van der Waals surface area (Å²) in [5.74, 6) is 0. The molecule has 0 N–H and O–H groups in total. The molecule has 0 saturated carbocycles. The van der Waals surface area contributed by atoms with Crippen LogP contribution in [0.5, 0.6) is 0 Å². The fourth-order valence-corrected chi connectivity index (χ4v) is 2.52. The van der Waals surface area contributed by atoms with Gasteiger partial charge in [0.2, 0.25) is 0 Å². The lowest BCUT2D eigenvalue weighted by molar-refractivity contribution is 0.112. The van der Waals surface area contributed by atoms with Gasteiger partial charge in [-0.1, -0.05) is 18.2 Å². The number of aromatic nitrogens is 2. The topological polar surface area (TPSA) is 42.9 Å². The fourth-order valence-electron chi connectivity index (χ4n) is 1.75. The van der Waals surface area contributed by atoms with Gasteiger partial charge >= 0.3 is 0 Å². The minimum absolute atomic E-state index is 0.640. The number of benzene rings is 1. The van der Waals surface area contributed by atoms with Crippen LogP contribution >= 0.6 is 11.3 Å². The van der Waals surface area contributed by atoms with E-state index in [1.807, 2.05) is 30.3 Å². The Morgan fingerprint density at radius 1 is 1.12 bits per heavy atom. The Labute approximate surface area is 102 Å². The van der Waals surface area contributed by atoms with Gasteiger partial charge in [0.05, 0.1) is 10.4 Å². The Morgan fingerprint density at radius 3 is 2.82 bits per heavy atom. The number of para-hydroxylation sites is 1. The molecule has 0 aliphatic heterocycles. The van der Waals surface area contributed by atoms with E-state index in [2.05, 4.69) is 9.97 Å². The highest BCUT2D eigenvalue weighted by atomic mass is 32.1. The Bertz CT molecular complexity index is 685. The van der Waals surface area contributed by atoms with Crippen molar-refractivity contribution >= 4 is 28.5 Å². The molecule has 1 aromatic carbocycles. The molecule has 4 heteroatoms. The average Bonchev–Trinajstić information content (AvgIpc) is 2.87. The zero-order valence-electron chi connectivity index (χ0n) is 8.83. The van der Waals surface area contributed by atoms with E-state index in [-0.39, 0.29) is 0 Å². The Balaban J connectivity index is 2.26. The molecule has 3 rings (SSSR count). The van der Waals surface area contributed by atoms with Crippen molar-refractivity contribution < 1.29 is 4.79 Å². The molecule has 0 radical (unpaired) electrons. The minimum Gasteiger partial charge on any atom is -0.297 e. The van der Waals surface area contributed by atoms with E-state index in [1.165, 1.54) is 11.3 Å². The molecule has 0 fully saturated rings. The first kappa shape index (κ1) is 10.1. The molecule has 0 unspecified atom stereocenters. The summed E-state index contributed by atoms with van der Waals surface area (Å²) in [4.78, 5) is 19.9. The summed E-state index contributed by atoms with van der Waals surface area (Å²) in [5, 5.41) is 1.91. The number of nitrogens with zero attached hydrogens (tertiary/aromatic N) is 2. The number of thiazole rings is 1. The van der Waals surface area contributed by atoms with Gasteiger partial charge in [0.1, 0.15) is 5.01 Å². The monoisotopic (exact) mass is 240 g/mol. The third-order valence-electron chi connectivity index (χ3n) is 2.52. The van der Waals surface area contributed by atoms with Gasteiger partial charge in [-0.25, -0.2) is 4.98 Å². The molecule has 0 aliphatic rings. The number of hydrogen-bond donors (Lipinski definition) is 0. The maximum absolute atomic E-state index is 10.7. The molecule has 0 spiro atoms. The second-order valence-corrected chi connectivity index (χ2v) is 4.62. The van der Waals surface area contributed by atoms with Crippen LogP contribution in [-0.4, -0.2) is 16.3 Å². The van der Waals surface area contributed by atoms with Crippen molar-refractivity contribution in [2.45, 2.75) is 0 Å². The van der Waals surface area contributed by atoms with Crippen molar-refractivity contribution in [2.75, 3.05) is 0 Å². The maximum atomic E-state index is 10.7. The molecular weight excluding hydrogens is 232 g/mol. The summed E-state index contributed by atoms with van der Waals surface area (Å²) < 4.78 is 0. The predicted molar refractivity (Wildman–Crippen MR) is 68.2 cm³/mol. The van der Waals surface area contributed by atoms with Crippen LogP contribution < -0.4 is 0 Å². The molecule has 2 heterocycles. The lowest BCUT2D eigenvalue weighted by Crippen LogP contribution is -1.82. The van der Waals surface area contributed by atoms with Crippen LogP contribution in [0.2, 0.25) is 0 Å². The first-order valence-electron chi connectivity index (χ1n) is 5.13. The number of carbonyl (C=O) groups excluding carboxylic acids is 1. The van der Waals surface area contributed by atoms with E-state index in [0.717, 1.165) is 27.8 Å². The Hall–Kier alpha value is -2.07. The molecule has 82 valence electrons. The highest BCUT2D eigenvalue weighted by Gasteiger charge is 2.08. The Morgan fingerprint density at radius 2 is 2.00 bits per heavy atom. The van der Waals surface area contributed by atoms with Crippen LogP contribution in [-0.2, 0) is 0 Å². The highest BCUT2D eigenvalue weighted by Crippen LogP contribution is 2.29. The van der Waals surface area contributed by atoms with E-state index in [4.69, 9.17) is 0 Å². The molecule has 3 aromatic rings. The fraction of sp³-hybridized carbons (Fsp3) is 0. The van der Waals surface area contributed by atoms with Crippen molar-refractivity contribution in [3.8, 4) is 10.6 Å². The molecule has 0 saturated heterocycles. The minimum atomic E-state index is 0.640. The summed E-state index contributed by atoms with van der Waals surface area (Å²) in [6.07, 6.45) is 4.19. The van der Waals surface area contributed by atoms with Gasteiger partial charge in [-0.3, -0.25) is 9.78 Å². The molecule has 0 amide bonds. The molecule has 2 aromatic heterocycles. The molecule has 0 atom stereocenters. The van der Waals surface area contributed by atoms with E-state index in [1.54, 1.807) is 12.4 Å². The lowest BCUT2D eigenvalue weighted by atomic mass is 10.1. The number of carbonyl (C=O) groups is 1. The number of aldehydes is 1. The third kappa shape index (κ3) is 1.72. The zero-order chi connectivity index (χ0) is 11.7. The van der Waals surface area contributed by atoms with Gasteiger partial charge in [0, 0.05) is 23.3 Å². The zero-order valence-corrected chi connectivity index (χ0v) is 9.65. The van der Waals surface area contributed by atoms with E-state index < -0.39 is 0 Å². The Kier molecular flexibility index (Phi) is 2.42. The van der Waals surface area contributed by atoms with Crippen LogP contribution in [0, 0.1) is 0 Å².